The minimum absolute atomic E-state index is 0.0974. The number of hydrogen-bond acceptors (Lipinski definition) is 6. The van der Waals surface area contributed by atoms with E-state index in [1.54, 1.807) is 0 Å². The minimum atomic E-state index is -4.52. The van der Waals surface area contributed by atoms with E-state index in [-0.39, 0.29) is 29.8 Å². The van der Waals surface area contributed by atoms with Crippen molar-refractivity contribution in [1.29, 1.82) is 0 Å². The molecule has 3 rings (SSSR count). The summed E-state index contributed by atoms with van der Waals surface area (Å²) < 4.78 is 39.3. The van der Waals surface area contributed by atoms with Gasteiger partial charge in [0, 0.05) is 25.7 Å². The molecule has 0 aliphatic rings. The Morgan fingerprint density at radius 3 is 2.60 bits per heavy atom. The molecule has 0 saturated heterocycles. The zero-order valence-electron chi connectivity index (χ0n) is 15.5. The molecular weight excluding hydrogens is 423 g/mol. The zero-order valence-corrected chi connectivity index (χ0v) is 16.2. The average Bonchev–Trinajstić information content (AvgIpc) is 3.24. The van der Waals surface area contributed by atoms with E-state index >= 15 is 0 Å². The third-order valence-electron chi connectivity index (χ3n) is 4.14. The molecule has 12 heteroatoms. The van der Waals surface area contributed by atoms with E-state index in [0.717, 1.165) is 11.6 Å². The molecular formula is C18H17ClF3N7O. The number of alkyl halides is 3. The Morgan fingerprint density at radius 2 is 1.97 bits per heavy atom. The lowest BCUT2D eigenvalue weighted by molar-refractivity contribution is -0.137. The third kappa shape index (κ3) is 5.66. The molecule has 0 bridgehead atoms. The van der Waals surface area contributed by atoms with Crippen LogP contribution in [-0.2, 0) is 17.4 Å². The Kier molecular flexibility index (Phi) is 6.83. The molecule has 8 nitrogen and oxygen atoms in total. The topological polar surface area (TPSA) is 97.6 Å². The maximum atomic E-state index is 12.7. The van der Waals surface area contributed by atoms with Crippen LogP contribution in [-0.4, -0.2) is 44.2 Å². The fourth-order valence-electron chi connectivity index (χ4n) is 2.66. The minimum Gasteiger partial charge on any atom is -0.367 e. The van der Waals surface area contributed by atoms with Gasteiger partial charge >= 0.3 is 6.18 Å². The highest BCUT2D eigenvalue weighted by molar-refractivity contribution is 6.32. The van der Waals surface area contributed by atoms with Gasteiger partial charge in [-0.25, -0.2) is 9.67 Å². The van der Waals surface area contributed by atoms with Crippen LogP contribution in [0.1, 0.15) is 17.2 Å². The van der Waals surface area contributed by atoms with Crippen LogP contribution in [0.25, 0.3) is 0 Å². The van der Waals surface area contributed by atoms with Gasteiger partial charge < -0.3 is 10.6 Å². The van der Waals surface area contributed by atoms with Crippen LogP contribution in [0.3, 0.4) is 0 Å². The molecule has 1 aromatic carbocycles. The lowest BCUT2D eigenvalue weighted by Crippen LogP contribution is -2.36. The summed E-state index contributed by atoms with van der Waals surface area (Å²) in [5, 5.41) is 16.3. The van der Waals surface area contributed by atoms with Crippen LogP contribution < -0.4 is 10.6 Å². The van der Waals surface area contributed by atoms with Gasteiger partial charge in [0.05, 0.1) is 10.6 Å². The van der Waals surface area contributed by atoms with Crippen molar-refractivity contribution in [2.75, 3.05) is 18.4 Å². The number of carbonyl (C=O) groups is 1. The predicted molar refractivity (Wildman–Crippen MR) is 103 cm³/mol. The van der Waals surface area contributed by atoms with E-state index in [4.69, 9.17) is 11.6 Å². The lowest BCUT2D eigenvalue weighted by Gasteiger charge is -2.17. The quantitative estimate of drug-likeness (QED) is 0.524. The van der Waals surface area contributed by atoms with Crippen molar-refractivity contribution in [2.24, 2.45) is 0 Å². The van der Waals surface area contributed by atoms with Crippen LogP contribution in [0.5, 0.6) is 0 Å². The first-order chi connectivity index (χ1) is 14.3. The number of nitrogens with one attached hydrogen (secondary N) is 2. The number of carbonyl (C=O) groups excluding carboxylic acids is 1. The van der Waals surface area contributed by atoms with Gasteiger partial charge in [0.2, 0.25) is 5.91 Å². The number of nitrogens with zero attached hydrogens (tertiary/aromatic N) is 5. The highest BCUT2D eigenvalue weighted by Gasteiger charge is 2.31. The second kappa shape index (κ2) is 9.53. The summed E-state index contributed by atoms with van der Waals surface area (Å²) in [5.41, 5.74) is 0.00330. The SMILES string of the molecule is O=C(NCCNc1ncc(C(F)(F)F)cc1Cl)C(Cc1ccccc1)n1cnnn1. The first-order valence-corrected chi connectivity index (χ1v) is 9.23. The fourth-order valence-corrected chi connectivity index (χ4v) is 2.90. The normalized spacial score (nSPS) is 12.4. The van der Waals surface area contributed by atoms with Gasteiger partial charge in [0.25, 0.3) is 0 Å². The molecule has 0 aliphatic carbocycles. The van der Waals surface area contributed by atoms with E-state index < -0.39 is 17.8 Å². The molecule has 3 aromatic rings. The Bertz CT molecular complexity index is 968. The largest absolute Gasteiger partial charge is 0.417 e. The highest BCUT2D eigenvalue weighted by Crippen LogP contribution is 2.32. The van der Waals surface area contributed by atoms with E-state index in [2.05, 4.69) is 31.1 Å². The molecule has 0 saturated carbocycles. The number of amides is 1. The standard InChI is InChI=1S/C18H17ClF3N7O/c19-14-9-13(18(20,21)22)10-25-16(14)23-6-7-24-17(30)15(29-11-26-27-28-29)8-12-4-2-1-3-5-12/h1-5,9-11,15H,6-8H2,(H,23,25)(H,24,30). The van der Waals surface area contributed by atoms with E-state index in [1.807, 2.05) is 30.3 Å². The monoisotopic (exact) mass is 439 g/mol. The first kappa shape index (κ1) is 21.5. The first-order valence-electron chi connectivity index (χ1n) is 8.85. The van der Waals surface area contributed by atoms with Crippen LogP contribution in [0.15, 0.2) is 48.9 Å². The molecule has 1 amide bonds. The van der Waals surface area contributed by atoms with Crippen molar-refractivity contribution < 1.29 is 18.0 Å². The molecule has 2 N–H and O–H groups in total. The summed E-state index contributed by atoms with van der Waals surface area (Å²) in [6, 6.07) is 9.54. The maximum Gasteiger partial charge on any atom is 0.417 e. The van der Waals surface area contributed by atoms with Gasteiger partial charge in [-0.2, -0.15) is 13.2 Å². The van der Waals surface area contributed by atoms with Crippen LogP contribution >= 0.6 is 11.6 Å². The van der Waals surface area contributed by atoms with Gasteiger partial charge in [0.1, 0.15) is 18.2 Å². The summed E-state index contributed by atoms with van der Waals surface area (Å²) in [6.45, 7) is 0.392. The Labute approximate surface area is 174 Å². The smallest absolute Gasteiger partial charge is 0.367 e. The predicted octanol–water partition coefficient (Wildman–Crippen LogP) is 2.75. The van der Waals surface area contributed by atoms with Crippen LogP contribution in [0, 0.1) is 0 Å². The lowest BCUT2D eigenvalue weighted by atomic mass is 10.1. The molecule has 0 fully saturated rings. The summed E-state index contributed by atoms with van der Waals surface area (Å²) in [5.74, 6) is -0.209. The number of aromatic nitrogens is 5. The summed E-state index contributed by atoms with van der Waals surface area (Å²) in [4.78, 5) is 16.3. The second-order valence-electron chi connectivity index (χ2n) is 6.27. The van der Waals surface area contributed by atoms with E-state index in [1.165, 1.54) is 11.0 Å². The Balaban J connectivity index is 1.56. The summed E-state index contributed by atoms with van der Waals surface area (Å²) in [6.07, 6.45) is -2.08. The van der Waals surface area contributed by atoms with Crippen molar-refractivity contribution in [3.63, 3.8) is 0 Å². The van der Waals surface area contributed by atoms with Crippen molar-refractivity contribution in [1.82, 2.24) is 30.5 Å². The number of benzene rings is 1. The van der Waals surface area contributed by atoms with Crippen molar-refractivity contribution in [2.45, 2.75) is 18.6 Å². The Hall–Kier alpha value is -3.21. The van der Waals surface area contributed by atoms with Gasteiger partial charge in [-0.05, 0) is 22.1 Å². The molecule has 30 heavy (non-hydrogen) atoms. The number of tetrazole rings is 1. The molecule has 1 unspecified atom stereocenters. The van der Waals surface area contributed by atoms with Crippen molar-refractivity contribution in [3.05, 3.63) is 65.1 Å². The molecule has 0 aliphatic heterocycles. The van der Waals surface area contributed by atoms with Crippen molar-refractivity contribution in [3.8, 4) is 0 Å². The van der Waals surface area contributed by atoms with Gasteiger partial charge in [-0.1, -0.05) is 41.9 Å². The molecule has 0 spiro atoms. The number of rotatable bonds is 8. The summed E-state index contributed by atoms with van der Waals surface area (Å²) >= 11 is 5.85. The number of hydrogen-bond donors (Lipinski definition) is 2. The Morgan fingerprint density at radius 1 is 1.20 bits per heavy atom. The van der Waals surface area contributed by atoms with Crippen molar-refractivity contribution >= 4 is 23.3 Å². The molecule has 1 atom stereocenters. The summed E-state index contributed by atoms with van der Waals surface area (Å²) in [7, 11) is 0. The molecule has 2 heterocycles. The van der Waals surface area contributed by atoms with Gasteiger partial charge in [-0.15, -0.1) is 5.10 Å². The third-order valence-corrected chi connectivity index (χ3v) is 4.43. The van der Waals surface area contributed by atoms with Gasteiger partial charge in [0.15, 0.2) is 0 Å². The number of anilines is 1. The molecule has 158 valence electrons. The second-order valence-corrected chi connectivity index (χ2v) is 6.67. The average molecular weight is 440 g/mol. The van der Waals surface area contributed by atoms with E-state index in [9.17, 15) is 18.0 Å². The van der Waals surface area contributed by atoms with Crippen LogP contribution in [0.4, 0.5) is 19.0 Å². The van der Waals surface area contributed by atoms with Crippen LogP contribution in [0.2, 0.25) is 5.02 Å². The molecule has 2 aromatic heterocycles. The number of pyridine rings is 1. The zero-order chi connectivity index (χ0) is 21.6. The molecule has 0 radical (unpaired) electrons. The highest BCUT2D eigenvalue weighted by atomic mass is 35.5. The van der Waals surface area contributed by atoms with E-state index in [0.29, 0.717) is 12.6 Å². The maximum absolute atomic E-state index is 12.7. The number of halogens is 4. The van der Waals surface area contributed by atoms with Gasteiger partial charge in [-0.3, -0.25) is 4.79 Å². The fraction of sp³-hybridized carbons (Fsp3) is 0.278.